The van der Waals surface area contributed by atoms with Crippen molar-refractivity contribution < 1.29 is 4.79 Å². The molecule has 0 fully saturated rings. The summed E-state index contributed by atoms with van der Waals surface area (Å²) >= 11 is 1.64. The third-order valence-corrected chi connectivity index (χ3v) is 5.91. The first-order chi connectivity index (χ1) is 14.3. The molecule has 1 amide bonds. The van der Waals surface area contributed by atoms with Gasteiger partial charge < -0.3 is 5.32 Å². The highest BCUT2D eigenvalue weighted by molar-refractivity contribution is 7.09. The highest BCUT2D eigenvalue weighted by atomic mass is 32.1. The number of fused-ring (bicyclic) bond motifs is 2. The summed E-state index contributed by atoms with van der Waals surface area (Å²) in [6.45, 7) is 0.525. The number of carbonyl (C=O) groups excluding carboxylic acids is 1. The smallest absolute Gasteiger partial charge is 0.252 e. The quantitative estimate of drug-likeness (QED) is 0.403. The maximum absolute atomic E-state index is 13.1. The zero-order chi connectivity index (χ0) is 19.6. The van der Waals surface area contributed by atoms with Gasteiger partial charge in [0.25, 0.3) is 5.91 Å². The van der Waals surface area contributed by atoms with E-state index in [2.05, 4.69) is 29.6 Å². The van der Waals surface area contributed by atoms with Crippen LogP contribution in [0.4, 0.5) is 0 Å². The number of benzene rings is 3. The molecule has 0 saturated carbocycles. The van der Waals surface area contributed by atoms with Crippen LogP contribution in [0.2, 0.25) is 0 Å². The van der Waals surface area contributed by atoms with Crippen molar-refractivity contribution >= 4 is 38.9 Å². The zero-order valence-electron chi connectivity index (χ0n) is 15.6. The lowest BCUT2D eigenvalue weighted by molar-refractivity contribution is 0.0953. The summed E-state index contributed by atoms with van der Waals surface area (Å²) in [6, 6.07) is 28.2. The predicted octanol–water partition coefficient (Wildman–Crippen LogP) is 6.05. The summed E-state index contributed by atoms with van der Waals surface area (Å²) < 4.78 is 0. The lowest BCUT2D eigenvalue weighted by Crippen LogP contribution is -2.22. The van der Waals surface area contributed by atoms with E-state index in [0.717, 1.165) is 37.8 Å². The molecule has 0 saturated heterocycles. The number of carbonyl (C=O) groups is 1. The van der Waals surface area contributed by atoms with Crippen LogP contribution in [0.5, 0.6) is 0 Å². The van der Waals surface area contributed by atoms with E-state index in [9.17, 15) is 4.79 Å². The summed E-state index contributed by atoms with van der Waals surface area (Å²) in [5.41, 5.74) is 3.30. The molecule has 0 bridgehead atoms. The van der Waals surface area contributed by atoms with Crippen LogP contribution in [-0.2, 0) is 6.54 Å². The molecular formula is C25H18N2OS. The summed E-state index contributed by atoms with van der Waals surface area (Å²) in [6.07, 6.45) is 0. The van der Waals surface area contributed by atoms with Crippen LogP contribution in [0.3, 0.4) is 0 Å². The van der Waals surface area contributed by atoms with Gasteiger partial charge >= 0.3 is 0 Å². The fourth-order valence-corrected chi connectivity index (χ4v) is 4.27. The van der Waals surface area contributed by atoms with E-state index in [4.69, 9.17) is 4.98 Å². The van der Waals surface area contributed by atoms with E-state index in [1.165, 1.54) is 0 Å². The maximum Gasteiger partial charge on any atom is 0.252 e. The maximum atomic E-state index is 13.1. The van der Waals surface area contributed by atoms with Crippen molar-refractivity contribution in [3.63, 3.8) is 0 Å². The normalized spacial score (nSPS) is 11.0. The average molecular weight is 394 g/mol. The van der Waals surface area contributed by atoms with Crippen molar-refractivity contribution in [1.82, 2.24) is 10.3 Å². The van der Waals surface area contributed by atoms with Crippen molar-refractivity contribution in [3.05, 3.63) is 101 Å². The molecule has 29 heavy (non-hydrogen) atoms. The molecule has 5 rings (SSSR count). The minimum absolute atomic E-state index is 0.0847. The van der Waals surface area contributed by atoms with Crippen LogP contribution in [0.1, 0.15) is 15.2 Å². The molecule has 0 unspecified atom stereocenters. The Labute approximate surface area is 172 Å². The molecule has 0 aliphatic carbocycles. The molecule has 1 N–H and O–H groups in total. The number of hydrogen-bond acceptors (Lipinski definition) is 3. The molecule has 0 aliphatic rings. The number of nitrogens with one attached hydrogen (secondary N) is 1. The van der Waals surface area contributed by atoms with Crippen LogP contribution in [-0.4, -0.2) is 10.9 Å². The number of aromatic nitrogens is 1. The molecule has 140 valence electrons. The monoisotopic (exact) mass is 394 g/mol. The highest BCUT2D eigenvalue weighted by Crippen LogP contribution is 2.30. The average Bonchev–Trinajstić information content (AvgIpc) is 3.30. The fourth-order valence-electron chi connectivity index (χ4n) is 3.63. The van der Waals surface area contributed by atoms with Gasteiger partial charge in [0.2, 0.25) is 0 Å². The standard InChI is InChI=1S/C25H18N2OS/c28-25(26-16-18-9-6-14-29-18)22-15-24(27-23-13-4-3-11-21(22)23)20-12-5-8-17-7-1-2-10-19(17)20/h1-15H,16H2,(H,26,28). The fraction of sp³-hybridized carbons (Fsp3) is 0.0400. The summed E-state index contributed by atoms with van der Waals surface area (Å²) in [4.78, 5) is 19.1. The minimum Gasteiger partial charge on any atom is -0.347 e. The van der Waals surface area contributed by atoms with E-state index in [1.54, 1.807) is 11.3 Å². The first kappa shape index (κ1) is 17.6. The zero-order valence-corrected chi connectivity index (χ0v) is 16.4. The van der Waals surface area contributed by atoms with Crippen LogP contribution >= 0.6 is 11.3 Å². The summed E-state index contributed by atoms with van der Waals surface area (Å²) in [5, 5.41) is 8.21. The molecule has 5 aromatic rings. The second-order valence-electron chi connectivity index (χ2n) is 6.86. The largest absolute Gasteiger partial charge is 0.347 e. The van der Waals surface area contributed by atoms with Gasteiger partial charge in [-0.3, -0.25) is 4.79 Å². The predicted molar refractivity (Wildman–Crippen MR) is 120 cm³/mol. The number of para-hydroxylation sites is 1. The van der Waals surface area contributed by atoms with Crippen molar-refractivity contribution in [2.75, 3.05) is 0 Å². The number of thiophene rings is 1. The molecule has 4 heteroatoms. The van der Waals surface area contributed by atoms with E-state index >= 15 is 0 Å². The van der Waals surface area contributed by atoms with Crippen LogP contribution in [0, 0.1) is 0 Å². The second-order valence-corrected chi connectivity index (χ2v) is 7.89. The summed E-state index contributed by atoms with van der Waals surface area (Å²) in [7, 11) is 0. The number of amides is 1. The Bertz CT molecular complexity index is 1320. The Morgan fingerprint density at radius 2 is 1.66 bits per heavy atom. The lowest BCUT2D eigenvalue weighted by atomic mass is 9.99. The minimum atomic E-state index is -0.0847. The molecular weight excluding hydrogens is 376 g/mol. The van der Waals surface area contributed by atoms with Gasteiger partial charge in [-0.25, -0.2) is 4.98 Å². The lowest BCUT2D eigenvalue weighted by Gasteiger charge is -2.12. The Kier molecular flexibility index (Phi) is 4.54. The van der Waals surface area contributed by atoms with Crippen molar-refractivity contribution in [3.8, 4) is 11.3 Å². The summed E-state index contributed by atoms with van der Waals surface area (Å²) in [5.74, 6) is -0.0847. The van der Waals surface area contributed by atoms with Gasteiger partial charge in [0, 0.05) is 15.8 Å². The number of hydrogen-bond donors (Lipinski definition) is 1. The van der Waals surface area contributed by atoms with Crippen LogP contribution in [0.15, 0.2) is 90.3 Å². The Morgan fingerprint density at radius 1 is 0.862 bits per heavy atom. The van der Waals surface area contributed by atoms with Crippen LogP contribution in [0.25, 0.3) is 32.9 Å². The number of nitrogens with zero attached hydrogens (tertiary/aromatic N) is 1. The topological polar surface area (TPSA) is 42.0 Å². The van der Waals surface area contributed by atoms with Gasteiger partial charge in [-0.05, 0) is 34.4 Å². The molecule has 0 aliphatic heterocycles. The van der Waals surface area contributed by atoms with Crippen LogP contribution < -0.4 is 5.32 Å². The van der Waals surface area contributed by atoms with Gasteiger partial charge in [-0.2, -0.15) is 0 Å². The van der Waals surface area contributed by atoms with Crippen molar-refractivity contribution in [1.29, 1.82) is 0 Å². The van der Waals surface area contributed by atoms with E-state index in [1.807, 2.05) is 66.0 Å². The molecule has 0 radical (unpaired) electrons. The highest BCUT2D eigenvalue weighted by Gasteiger charge is 2.15. The van der Waals surface area contributed by atoms with E-state index in [0.29, 0.717) is 12.1 Å². The second kappa shape index (κ2) is 7.49. The molecule has 2 aromatic heterocycles. The van der Waals surface area contributed by atoms with Gasteiger partial charge in [0.1, 0.15) is 0 Å². The number of pyridine rings is 1. The SMILES string of the molecule is O=C(NCc1cccs1)c1cc(-c2cccc3ccccc23)nc2ccccc12. The third kappa shape index (κ3) is 3.39. The van der Waals surface area contributed by atoms with Gasteiger partial charge in [0.05, 0.1) is 23.3 Å². The first-order valence-electron chi connectivity index (χ1n) is 9.48. The van der Waals surface area contributed by atoms with Gasteiger partial charge in [-0.15, -0.1) is 11.3 Å². The molecule has 0 atom stereocenters. The molecule has 3 aromatic carbocycles. The Morgan fingerprint density at radius 3 is 2.52 bits per heavy atom. The molecule has 0 spiro atoms. The van der Waals surface area contributed by atoms with E-state index < -0.39 is 0 Å². The Balaban J connectivity index is 1.63. The van der Waals surface area contributed by atoms with E-state index in [-0.39, 0.29) is 5.91 Å². The van der Waals surface area contributed by atoms with Gasteiger partial charge in [0.15, 0.2) is 0 Å². The number of rotatable bonds is 4. The molecule has 2 heterocycles. The van der Waals surface area contributed by atoms with Crippen molar-refractivity contribution in [2.45, 2.75) is 6.54 Å². The first-order valence-corrected chi connectivity index (χ1v) is 10.4. The van der Waals surface area contributed by atoms with Crippen molar-refractivity contribution in [2.24, 2.45) is 0 Å². The third-order valence-electron chi connectivity index (χ3n) is 5.03. The van der Waals surface area contributed by atoms with Gasteiger partial charge in [-0.1, -0.05) is 66.7 Å². The Hall–Kier alpha value is -3.50. The molecule has 3 nitrogen and oxygen atoms in total.